The number of nitrogens with one attached hydrogen (secondary N) is 1. The monoisotopic (exact) mass is 476 g/mol. The molecule has 0 aliphatic heterocycles. The summed E-state index contributed by atoms with van der Waals surface area (Å²) in [4.78, 5) is 23.5. The Morgan fingerprint density at radius 3 is 2.26 bits per heavy atom. The van der Waals surface area contributed by atoms with Gasteiger partial charge < -0.3 is 11.1 Å². The van der Waals surface area contributed by atoms with Gasteiger partial charge in [0.1, 0.15) is 5.02 Å². The molecule has 6 nitrogen and oxygen atoms in total. The number of nitrogens with zero attached hydrogens (tertiary/aromatic N) is 2. The summed E-state index contributed by atoms with van der Waals surface area (Å²) < 4.78 is 1.21. The van der Waals surface area contributed by atoms with E-state index in [9.17, 15) is 9.59 Å². The summed E-state index contributed by atoms with van der Waals surface area (Å²) in [5.41, 5.74) is 5.58. The smallest absolute Gasteiger partial charge is 0.292 e. The topological polar surface area (TPSA) is 90.0 Å². The van der Waals surface area contributed by atoms with E-state index in [1.165, 1.54) is 23.0 Å². The van der Waals surface area contributed by atoms with Crippen LogP contribution in [0.15, 0.2) is 59.5 Å². The number of hydrogen-bond acceptors (Lipinski definition) is 4. The SMILES string of the molecule is C#CC(C)(C)NC(=O)c1cc(Cl)cc(Cl)c1.Nc1cnn(-c2ccccc2)c(=O)c1Cl. The van der Waals surface area contributed by atoms with Crippen LogP contribution in [0.5, 0.6) is 0 Å². The molecule has 3 rings (SSSR count). The fourth-order valence-corrected chi connectivity index (χ4v) is 2.93. The van der Waals surface area contributed by atoms with Crippen molar-refractivity contribution in [3.8, 4) is 18.0 Å². The van der Waals surface area contributed by atoms with Crippen LogP contribution >= 0.6 is 34.8 Å². The number of anilines is 1. The van der Waals surface area contributed by atoms with Crippen LogP contribution in [0.4, 0.5) is 5.69 Å². The number of carbonyl (C=O) groups is 1. The Hall–Kier alpha value is -2.98. The molecule has 2 aromatic carbocycles. The number of rotatable bonds is 3. The van der Waals surface area contributed by atoms with Gasteiger partial charge in [0, 0.05) is 15.6 Å². The first-order valence-electron chi connectivity index (χ1n) is 8.89. The molecule has 0 aliphatic carbocycles. The molecule has 0 aliphatic rings. The summed E-state index contributed by atoms with van der Waals surface area (Å²) >= 11 is 17.3. The number of hydrogen-bond donors (Lipinski definition) is 2. The summed E-state index contributed by atoms with van der Waals surface area (Å²) in [6, 6.07) is 13.6. The predicted octanol–water partition coefficient (Wildman–Crippen LogP) is 4.60. The van der Waals surface area contributed by atoms with E-state index in [1.807, 2.05) is 18.2 Å². The molecule has 0 radical (unpaired) electrons. The Labute approximate surface area is 194 Å². The standard InChI is InChI=1S/C12H11Cl2NO.C10H8ClN3O/c1-4-12(2,3)15-11(16)8-5-9(13)7-10(14)6-8;11-9-8(12)6-13-14(10(9)15)7-4-2-1-3-5-7/h1,5-7H,2-3H3,(H,15,16);1-6H,12H2. The second-order valence-corrected chi connectivity index (χ2v) is 8.10. The van der Waals surface area contributed by atoms with Crippen molar-refractivity contribution in [2.75, 3.05) is 5.73 Å². The number of aromatic nitrogens is 2. The van der Waals surface area contributed by atoms with E-state index in [-0.39, 0.29) is 16.6 Å². The van der Waals surface area contributed by atoms with Crippen molar-refractivity contribution in [1.29, 1.82) is 0 Å². The normalized spacial score (nSPS) is 10.5. The molecule has 0 spiro atoms. The van der Waals surface area contributed by atoms with Crippen molar-refractivity contribution in [3.05, 3.63) is 85.7 Å². The highest BCUT2D eigenvalue weighted by Crippen LogP contribution is 2.19. The van der Waals surface area contributed by atoms with Crippen LogP contribution in [0.25, 0.3) is 5.69 Å². The number of nitrogen functional groups attached to an aromatic ring is 1. The molecule has 0 unspecified atom stereocenters. The highest BCUT2D eigenvalue weighted by molar-refractivity contribution is 6.35. The maximum absolute atomic E-state index is 11.8. The summed E-state index contributed by atoms with van der Waals surface area (Å²) in [5.74, 6) is 2.17. The summed E-state index contributed by atoms with van der Waals surface area (Å²) in [5, 5.41) is 7.41. The molecule has 0 saturated heterocycles. The number of carbonyl (C=O) groups excluding carboxylic acids is 1. The molecule has 1 aromatic heterocycles. The molecular weight excluding hydrogens is 459 g/mol. The van der Waals surface area contributed by atoms with Gasteiger partial charge in [-0.05, 0) is 44.2 Å². The quantitative estimate of drug-likeness (QED) is 0.539. The van der Waals surface area contributed by atoms with E-state index >= 15 is 0 Å². The largest absolute Gasteiger partial charge is 0.396 e. The zero-order valence-corrected chi connectivity index (χ0v) is 19.0. The Morgan fingerprint density at radius 1 is 1.13 bits per heavy atom. The molecule has 0 saturated carbocycles. The lowest BCUT2D eigenvalue weighted by atomic mass is 10.1. The van der Waals surface area contributed by atoms with Gasteiger partial charge in [-0.2, -0.15) is 9.78 Å². The minimum Gasteiger partial charge on any atom is -0.396 e. The van der Waals surface area contributed by atoms with E-state index in [2.05, 4.69) is 16.3 Å². The van der Waals surface area contributed by atoms with E-state index < -0.39 is 11.1 Å². The number of halogens is 3. The third kappa shape index (κ3) is 6.76. The van der Waals surface area contributed by atoms with Gasteiger partial charge in [-0.1, -0.05) is 58.9 Å². The molecule has 9 heteroatoms. The predicted molar refractivity (Wildman–Crippen MR) is 126 cm³/mol. The van der Waals surface area contributed by atoms with Gasteiger partial charge >= 0.3 is 0 Å². The van der Waals surface area contributed by atoms with Crippen LogP contribution in [0.3, 0.4) is 0 Å². The lowest BCUT2D eigenvalue weighted by Gasteiger charge is -2.19. The lowest BCUT2D eigenvalue weighted by molar-refractivity contribution is 0.0930. The van der Waals surface area contributed by atoms with Gasteiger partial charge in [-0.3, -0.25) is 9.59 Å². The van der Waals surface area contributed by atoms with Crippen LogP contribution in [-0.2, 0) is 0 Å². The molecule has 31 heavy (non-hydrogen) atoms. The zero-order chi connectivity index (χ0) is 23.2. The number of benzene rings is 2. The van der Waals surface area contributed by atoms with E-state index in [4.69, 9.17) is 47.0 Å². The molecule has 0 fully saturated rings. The van der Waals surface area contributed by atoms with Crippen molar-refractivity contribution >= 4 is 46.4 Å². The third-order valence-corrected chi connectivity index (χ3v) is 4.67. The van der Waals surface area contributed by atoms with Gasteiger partial charge in [0.25, 0.3) is 11.5 Å². The van der Waals surface area contributed by atoms with Gasteiger partial charge in [-0.25, -0.2) is 0 Å². The average Bonchev–Trinajstić information content (AvgIpc) is 2.72. The molecular formula is C22H19Cl3N4O2. The van der Waals surface area contributed by atoms with Gasteiger partial charge in [-0.15, -0.1) is 6.42 Å². The van der Waals surface area contributed by atoms with Crippen LogP contribution in [0, 0.1) is 12.3 Å². The Kier molecular flexibility index (Phi) is 8.12. The highest BCUT2D eigenvalue weighted by atomic mass is 35.5. The minimum absolute atomic E-state index is 0.00569. The number of para-hydroxylation sites is 1. The zero-order valence-electron chi connectivity index (χ0n) is 16.7. The van der Waals surface area contributed by atoms with E-state index in [1.54, 1.807) is 32.0 Å². The van der Waals surface area contributed by atoms with Gasteiger partial charge in [0.2, 0.25) is 0 Å². The van der Waals surface area contributed by atoms with Gasteiger partial charge in [0.15, 0.2) is 0 Å². The summed E-state index contributed by atoms with van der Waals surface area (Å²) in [6.45, 7) is 3.47. The second kappa shape index (κ2) is 10.4. The Bertz CT molecular complexity index is 1170. The number of nitrogens with two attached hydrogens (primary N) is 1. The van der Waals surface area contributed by atoms with E-state index in [0.29, 0.717) is 21.3 Å². The fourth-order valence-electron chi connectivity index (χ4n) is 2.28. The second-order valence-electron chi connectivity index (χ2n) is 6.85. The Morgan fingerprint density at radius 2 is 1.71 bits per heavy atom. The van der Waals surface area contributed by atoms with Crippen LogP contribution < -0.4 is 16.6 Å². The van der Waals surface area contributed by atoms with Crippen LogP contribution in [0.2, 0.25) is 15.1 Å². The van der Waals surface area contributed by atoms with Gasteiger partial charge in [0.05, 0.1) is 23.1 Å². The van der Waals surface area contributed by atoms with Crippen LogP contribution in [0.1, 0.15) is 24.2 Å². The number of amides is 1. The van der Waals surface area contributed by atoms with Crippen molar-refractivity contribution in [2.24, 2.45) is 0 Å². The lowest BCUT2D eigenvalue weighted by Crippen LogP contribution is -2.42. The summed E-state index contributed by atoms with van der Waals surface area (Å²) in [6.07, 6.45) is 6.63. The Balaban J connectivity index is 0.000000220. The van der Waals surface area contributed by atoms with Crippen molar-refractivity contribution in [1.82, 2.24) is 15.1 Å². The first-order valence-corrected chi connectivity index (χ1v) is 10.0. The molecule has 0 atom stereocenters. The molecule has 1 heterocycles. The van der Waals surface area contributed by atoms with Crippen molar-refractivity contribution < 1.29 is 4.79 Å². The average molecular weight is 478 g/mol. The van der Waals surface area contributed by atoms with Crippen molar-refractivity contribution in [2.45, 2.75) is 19.4 Å². The molecule has 0 bridgehead atoms. The summed E-state index contributed by atoms with van der Waals surface area (Å²) in [7, 11) is 0. The van der Waals surface area contributed by atoms with E-state index in [0.717, 1.165) is 0 Å². The van der Waals surface area contributed by atoms with Crippen LogP contribution in [-0.4, -0.2) is 21.2 Å². The third-order valence-electron chi connectivity index (χ3n) is 3.86. The molecule has 3 aromatic rings. The van der Waals surface area contributed by atoms with Crippen molar-refractivity contribution in [3.63, 3.8) is 0 Å². The highest BCUT2D eigenvalue weighted by Gasteiger charge is 2.18. The number of terminal acetylenes is 1. The maximum Gasteiger partial charge on any atom is 0.292 e. The first kappa shape index (κ1) is 24.3. The fraction of sp³-hybridized carbons (Fsp3) is 0.136. The molecule has 160 valence electrons. The molecule has 3 N–H and O–H groups in total. The minimum atomic E-state index is -0.703. The molecule has 1 amide bonds. The first-order chi connectivity index (χ1) is 14.5. The maximum atomic E-state index is 11.8.